The SMILES string of the molecule is CCCN(CCC(=O)Nc1cc(C)on1)Cc1nnc(-c2ccco2)o1. The van der Waals surface area contributed by atoms with E-state index in [0.29, 0.717) is 48.6 Å². The fourth-order valence-electron chi connectivity index (χ4n) is 2.49. The Labute approximate surface area is 150 Å². The van der Waals surface area contributed by atoms with E-state index in [0.717, 1.165) is 13.0 Å². The first kappa shape index (κ1) is 17.9. The van der Waals surface area contributed by atoms with Crippen LogP contribution in [0.15, 0.2) is 37.8 Å². The summed E-state index contributed by atoms with van der Waals surface area (Å²) in [6.07, 6.45) is 2.83. The van der Waals surface area contributed by atoms with Gasteiger partial charge in [0.25, 0.3) is 5.89 Å². The molecule has 0 fully saturated rings. The summed E-state index contributed by atoms with van der Waals surface area (Å²) in [5.74, 6) is 2.32. The van der Waals surface area contributed by atoms with Crippen LogP contribution < -0.4 is 5.32 Å². The summed E-state index contributed by atoms with van der Waals surface area (Å²) < 4.78 is 15.8. The van der Waals surface area contributed by atoms with Gasteiger partial charge in [-0.2, -0.15) is 0 Å². The van der Waals surface area contributed by atoms with E-state index in [-0.39, 0.29) is 5.91 Å². The number of hydrogen-bond acceptors (Lipinski definition) is 8. The van der Waals surface area contributed by atoms with Crippen LogP contribution in [0.4, 0.5) is 5.82 Å². The van der Waals surface area contributed by atoms with E-state index in [1.165, 1.54) is 0 Å². The number of aromatic nitrogens is 3. The van der Waals surface area contributed by atoms with Gasteiger partial charge in [-0.1, -0.05) is 12.1 Å². The molecule has 26 heavy (non-hydrogen) atoms. The van der Waals surface area contributed by atoms with Gasteiger partial charge in [-0.05, 0) is 32.0 Å². The lowest BCUT2D eigenvalue weighted by Crippen LogP contribution is -2.28. The molecule has 0 atom stereocenters. The Bertz CT molecular complexity index is 824. The lowest BCUT2D eigenvalue weighted by atomic mass is 10.3. The molecule has 138 valence electrons. The van der Waals surface area contributed by atoms with Crippen molar-refractivity contribution < 1.29 is 18.2 Å². The molecule has 3 heterocycles. The van der Waals surface area contributed by atoms with E-state index in [9.17, 15) is 4.79 Å². The number of carbonyl (C=O) groups excluding carboxylic acids is 1. The molecule has 0 aliphatic rings. The molecule has 0 aliphatic heterocycles. The Hall–Kier alpha value is -2.94. The van der Waals surface area contributed by atoms with Crippen LogP contribution >= 0.6 is 0 Å². The zero-order valence-electron chi connectivity index (χ0n) is 14.8. The zero-order chi connectivity index (χ0) is 18.4. The van der Waals surface area contributed by atoms with Gasteiger partial charge >= 0.3 is 0 Å². The molecule has 0 unspecified atom stereocenters. The van der Waals surface area contributed by atoms with Crippen molar-refractivity contribution in [3.05, 3.63) is 36.1 Å². The largest absolute Gasteiger partial charge is 0.459 e. The fourth-order valence-corrected chi connectivity index (χ4v) is 2.49. The van der Waals surface area contributed by atoms with Gasteiger partial charge in [-0.25, -0.2) is 0 Å². The third kappa shape index (κ3) is 4.79. The number of nitrogens with zero attached hydrogens (tertiary/aromatic N) is 4. The lowest BCUT2D eigenvalue weighted by Gasteiger charge is -2.19. The van der Waals surface area contributed by atoms with Crippen molar-refractivity contribution in [3.63, 3.8) is 0 Å². The number of rotatable bonds is 9. The normalized spacial score (nSPS) is 11.2. The van der Waals surface area contributed by atoms with Crippen molar-refractivity contribution in [1.82, 2.24) is 20.3 Å². The molecular weight excluding hydrogens is 338 g/mol. The van der Waals surface area contributed by atoms with Crippen molar-refractivity contribution in [1.29, 1.82) is 0 Å². The first-order chi connectivity index (χ1) is 12.6. The summed E-state index contributed by atoms with van der Waals surface area (Å²) in [5.41, 5.74) is 0. The van der Waals surface area contributed by atoms with Crippen molar-refractivity contribution in [2.24, 2.45) is 0 Å². The number of carbonyl (C=O) groups is 1. The average molecular weight is 359 g/mol. The van der Waals surface area contributed by atoms with E-state index in [1.54, 1.807) is 31.4 Å². The fraction of sp³-hybridized carbons (Fsp3) is 0.412. The Morgan fingerprint density at radius 2 is 2.19 bits per heavy atom. The maximum Gasteiger partial charge on any atom is 0.283 e. The standard InChI is InChI=1S/C17H21N5O4/c1-3-7-22(8-6-15(23)18-14-10-12(2)26-21-14)11-16-19-20-17(25-16)13-5-4-9-24-13/h4-5,9-10H,3,6-8,11H2,1-2H3,(H,18,21,23). The average Bonchev–Trinajstić information content (AvgIpc) is 3.34. The molecule has 0 saturated heterocycles. The summed E-state index contributed by atoms with van der Waals surface area (Å²) in [5, 5.41) is 14.5. The summed E-state index contributed by atoms with van der Waals surface area (Å²) in [6.45, 7) is 5.70. The first-order valence-electron chi connectivity index (χ1n) is 8.46. The van der Waals surface area contributed by atoms with Crippen LogP contribution in [0.5, 0.6) is 0 Å². The highest BCUT2D eigenvalue weighted by atomic mass is 16.5. The third-order valence-electron chi connectivity index (χ3n) is 3.65. The van der Waals surface area contributed by atoms with Crippen molar-refractivity contribution in [2.75, 3.05) is 18.4 Å². The predicted molar refractivity (Wildman–Crippen MR) is 92.1 cm³/mol. The molecule has 3 rings (SSSR count). The maximum absolute atomic E-state index is 12.1. The van der Waals surface area contributed by atoms with E-state index < -0.39 is 0 Å². The quantitative estimate of drug-likeness (QED) is 0.621. The van der Waals surface area contributed by atoms with Gasteiger partial charge in [-0.15, -0.1) is 10.2 Å². The Morgan fingerprint density at radius 1 is 1.31 bits per heavy atom. The molecule has 3 aromatic rings. The van der Waals surface area contributed by atoms with Gasteiger partial charge in [0, 0.05) is 19.0 Å². The molecule has 0 bridgehead atoms. The van der Waals surface area contributed by atoms with Gasteiger partial charge in [-0.3, -0.25) is 9.69 Å². The Morgan fingerprint density at radius 3 is 2.88 bits per heavy atom. The van der Waals surface area contributed by atoms with Gasteiger partial charge in [0.1, 0.15) is 5.76 Å². The van der Waals surface area contributed by atoms with Crippen molar-refractivity contribution >= 4 is 11.7 Å². The molecule has 3 aromatic heterocycles. The van der Waals surface area contributed by atoms with Crippen LogP contribution in [0.1, 0.15) is 31.4 Å². The molecule has 0 spiro atoms. The van der Waals surface area contributed by atoms with Gasteiger partial charge in [0.15, 0.2) is 11.6 Å². The second-order valence-corrected chi connectivity index (χ2v) is 5.88. The molecule has 1 amide bonds. The summed E-state index contributed by atoms with van der Waals surface area (Å²) in [7, 11) is 0. The third-order valence-corrected chi connectivity index (χ3v) is 3.65. The highest BCUT2D eigenvalue weighted by Crippen LogP contribution is 2.18. The van der Waals surface area contributed by atoms with Gasteiger partial charge in [0.05, 0.1) is 12.8 Å². The molecule has 9 heteroatoms. The van der Waals surface area contributed by atoms with E-state index in [2.05, 4.69) is 32.5 Å². The Balaban J connectivity index is 1.53. The minimum atomic E-state index is -0.124. The number of furan rings is 1. The lowest BCUT2D eigenvalue weighted by molar-refractivity contribution is -0.116. The van der Waals surface area contributed by atoms with Crippen molar-refractivity contribution in [3.8, 4) is 11.7 Å². The summed E-state index contributed by atoms with van der Waals surface area (Å²) >= 11 is 0. The molecule has 9 nitrogen and oxygen atoms in total. The number of aryl methyl sites for hydroxylation is 1. The highest BCUT2D eigenvalue weighted by molar-refractivity contribution is 5.89. The monoisotopic (exact) mass is 359 g/mol. The molecule has 0 radical (unpaired) electrons. The summed E-state index contributed by atoms with van der Waals surface area (Å²) in [4.78, 5) is 14.1. The van der Waals surface area contributed by atoms with E-state index in [1.807, 2.05) is 0 Å². The molecule has 0 saturated carbocycles. The minimum absolute atomic E-state index is 0.124. The maximum atomic E-state index is 12.1. The number of anilines is 1. The summed E-state index contributed by atoms with van der Waals surface area (Å²) in [6, 6.07) is 5.20. The molecular formula is C17H21N5O4. The van der Waals surface area contributed by atoms with Crippen LogP contribution in [0.3, 0.4) is 0 Å². The van der Waals surface area contributed by atoms with Crippen LogP contribution in [0.25, 0.3) is 11.7 Å². The number of hydrogen-bond donors (Lipinski definition) is 1. The molecule has 1 N–H and O–H groups in total. The second kappa shape index (κ2) is 8.43. The zero-order valence-corrected chi connectivity index (χ0v) is 14.8. The number of nitrogens with one attached hydrogen (secondary N) is 1. The van der Waals surface area contributed by atoms with Crippen LogP contribution in [-0.2, 0) is 11.3 Å². The second-order valence-electron chi connectivity index (χ2n) is 5.88. The van der Waals surface area contributed by atoms with E-state index in [4.69, 9.17) is 13.4 Å². The van der Waals surface area contributed by atoms with Crippen LogP contribution in [0.2, 0.25) is 0 Å². The smallest absolute Gasteiger partial charge is 0.283 e. The topological polar surface area (TPSA) is 110 Å². The molecule has 0 aliphatic carbocycles. The van der Waals surface area contributed by atoms with Crippen LogP contribution in [-0.4, -0.2) is 39.3 Å². The van der Waals surface area contributed by atoms with Gasteiger partial charge in [0.2, 0.25) is 11.8 Å². The Kier molecular flexibility index (Phi) is 5.80. The molecule has 0 aromatic carbocycles. The first-order valence-corrected chi connectivity index (χ1v) is 8.46. The van der Waals surface area contributed by atoms with Crippen LogP contribution in [0, 0.1) is 6.92 Å². The van der Waals surface area contributed by atoms with Crippen molar-refractivity contribution in [2.45, 2.75) is 33.2 Å². The minimum Gasteiger partial charge on any atom is -0.459 e. The highest BCUT2D eigenvalue weighted by Gasteiger charge is 2.15. The van der Waals surface area contributed by atoms with Gasteiger partial charge < -0.3 is 18.7 Å². The van der Waals surface area contributed by atoms with E-state index >= 15 is 0 Å². The predicted octanol–water partition coefficient (Wildman–Crippen LogP) is 2.87. The number of amides is 1.